The van der Waals surface area contributed by atoms with E-state index in [2.05, 4.69) is 29.8 Å². The molecule has 2 nitrogen and oxygen atoms in total. The average molecular weight is 234 g/mol. The van der Waals surface area contributed by atoms with Gasteiger partial charge in [0.25, 0.3) is 0 Å². The van der Waals surface area contributed by atoms with E-state index in [0.717, 1.165) is 32.2 Å². The molecule has 0 saturated heterocycles. The van der Waals surface area contributed by atoms with E-state index >= 15 is 0 Å². The van der Waals surface area contributed by atoms with Crippen molar-refractivity contribution in [3.63, 3.8) is 0 Å². The van der Waals surface area contributed by atoms with Gasteiger partial charge in [0, 0.05) is 23.4 Å². The highest BCUT2D eigenvalue weighted by atomic mass is 32.1. The Balaban J connectivity index is 1.76. The molecule has 0 aliphatic heterocycles. The molecule has 0 spiro atoms. The Morgan fingerprint density at radius 1 is 1.44 bits per heavy atom. The van der Waals surface area contributed by atoms with Gasteiger partial charge >= 0.3 is 0 Å². The molecule has 0 atom stereocenters. The highest BCUT2D eigenvalue weighted by Crippen LogP contribution is 2.24. The lowest BCUT2D eigenvalue weighted by Gasteiger charge is -2.25. The summed E-state index contributed by atoms with van der Waals surface area (Å²) in [6.07, 6.45) is 4.44. The maximum atomic E-state index is 8.83. The summed E-state index contributed by atoms with van der Waals surface area (Å²) in [5.74, 6) is 0.307. The van der Waals surface area contributed by atoms with Crippen molar-refractivity contribution in [3.8, 4) is 6.07 Å². The van der Waals surface area contributed by atoms with Crippen LogP contribution in [0.15, 0.2) is 11.4 Å². The molecule has 1 aromatic rings. The van der Waals surface area contributed by atoms with Crippen molar-refractivity contribution in [1.82, 2.24) is 5.32 Å². The van der Waals surface area contributed by atoms with Crippen LogP contribution in [-0.4, -0.2) is 6.04 Å². The average Bonchev–Trinajstić information content (AvgIpc) is 2.73. The molecule has 86 valence electrons. The number of hydrogen-bond acceptors (Lipinski definition) is 3. The zero-order valence-corrected chi connectivity index (χ0v) is 10.5. The first kappa shape index (κ1) is 11.6. The van der Waals surface area contributed by atoms with Gasteiger partial charge < -0.3 is 5.32 Å². The molecule has 1 heterocycles. The summed E-state index contributed by atoms with van der Waals surface area (Å²) in [5, 5.41) is 14.6. The lowest BCUT2D eigenvalue weighted by atomic mass is 9.87. The zero-order chi connectivity index (χ0) is 11.4. The first-order valence-corrected chi connectivity index (χ1v) is 6.83. The minimum atomic E-state index is 0.307. The number of nitrogens with one attached hydrogen (secondary N) is 1. The van der Waals surface area contributed by atoms with Gasteiger partial charge in [-0.25, -0.2) is 0 Å². The van der Waals surface area contributed by atoms with Gasteiger partial charge in [-0.15, -0.1) is 11.3 Å². The van der Waals surface area contributed by atoms with Crippen molar-refractivity contribution in [2.24, 2.45) is 5.92 Å². The topological polar surface area (TPSA) is 35.8 Å². The van der Waals surface area contributed by atoms with Crippen molar-refractivity contribution in [1.29, 1.82) is 5.26 Å². The summed E-state index contributed by atoms with van der Waals surface area (Å²) in [7, 11) is 0. The Morgan fingerprint density at radius 3 is 2.75 bits per heavy atom. The van der Waals surface area contributed by atoms with Gasteiger partial charge in [0.2, 0.25) is 0 Å². The minimum Gasteiger partial charge on any atom is -0.309 e. The molecular formula is C13H18N2S. The van der Waals surface area contributed by atoms with Gasteiger partial charge in [0.15, 0.2) is 0 Å². The van der Waals surface area contributed by atoms with Crippen molar-refractivity contribution < 1.29 is 0 Å². The van der Waals surface area contributed by atoms with Crippen LogP contribution in [-0.2, 0) is 6.54 Å². The first-order chi connectivity index (χ1) is 7.79. The summed E-state index contributed by atoms with van der Waals surface area (Å²) < 4.78 is 0. The van der Waals surface area contributed by atoms with E-state index in [-0.39, 0.29) is 0 Å². The van der Waals surface area contributed by atoms with E-state index in [1.54, 1.807) is 0 Å². The highest BCUT2D eigenvalue weighted by Gasteiger charge is 2.20. The van der Waals surface area contributed by atoms with Crippen LogP contribution in [0.5, 0.6) is 0 Å². The van der Waals surface area contributed by atoms with Crippen LogP contribution >= 0.6 is 11.3 Å². The minimum absolute atomic E-state index is 0.307. The lowest BCUT2D eigenvalue weighted by Crippen LogP contribution is -2.32. The second kappa shape index (κ2) is 5.47. The summed E-state index contributed by atoms with van der Waals surface area (Å²) in [4.78, 5) is 1.45. The molecule has 16 heavy (non-hydrogen) atoms. The summed E-state index contributed by atoms with van der Waals surface area (Å²) in [6, 6.07) is 5.17. The fraction of sp³-hybridized carbons (Fsp3) is 0.615. The second-order valence-corrected chi connectivity index (χ2v) is 5.59. The molecule has 0 unspecified atom stereocenters. The summed E-state index contributed by atoms with van der Waals surface area (Å²) >= 11 is 1.83. The summed E-state index contributed by atoms with van der Waals surface area (Å²) in [6.45, 7) is 3.16. The van der Waals surface area contributed by atoms with Gasteiger partial charge in [-0.2, -0.15) is 5.26 Å². The maximum Gasteiger partial charge on any atom is 0.0655 e. The van der Waals surface area contributed by atoms with Crippen molar-refractivity contribution >= 4 is 11.3 Å². The predicted molar refractivity (Wildman–Crippen MR) is 67.3 cm³/mol. The number of hydrogen-bond donors (Lipinski definition) is 1. The van der Waals surface area contributed by atoms with E-state index < -0.39 is 0 Å². The maximum absolute atomic E-state index is 8.83. The molecule has 0 bridgehead atoms. The number of aryl methyl sites for hydroxylation is 1. The Bertz CT molecular complexity index is 370. The molecule has 2 rings (SSSR count). The third-order valence-electron chi connectivity index (χ3n) is 3.43. The monoisotopic (exact) mass is 234 g/mol. The normalized spacial score (nSPS) is 25.2. The Hall–Kier alpha value is -0.850. The molecule has 0 aromatic carbocycles. The third kappa shape index (κ3) is 2.84. The van der Waals surface area contributed by atoms with Crippen LogP contribution in [0.2, 0.25) is 0 Å². The lowest BCUT2D eigenvalue weighted by molar-refractivity contribution is 0.331. The van der Waals surface area contributed by atoms with Crippen molar-refractivity contribution in [2.75, 3.05) is 0 Å². The molecule has 1 aromatic heterocycles. The number of nitriles is 1. The van der Waals surface area contributed by atoms with Crippen LogP contribution in [0.4, 0.5) is 0 Å². The zero-order valence-electron chi connectivity index (χ0n) is 9.70. The molecule has 1 fully saturated rings. The molecule has 1 aliphatic carbocycles. The fourth-order valence-electron chi connectivity index (χ4n) is 2.25. The van der Waals surface area contributed by atoms with Crippen LogP contribution < -0.4 is 5.32 Å². The SMILES string of the molecule is Cc1ccsc1CNC1CCC(C#N)CC1. The van der Waals surface area contributed by atoms with E-state index in [9.17, 15) is 0 Å². The number of thiophene rings is 1. The van der Waals surface area contributed by atoms with Gasteiger partial charge in [-0.3, -0.25) is 0 Å². The summed E-state index contributed by atoms with van der Waals surface area (Å²) in [5.41, 5.74) is 1.39. The first-order valence-electron chi connectivity index (χ1n) is 5.95. The standard InChI is InChI=1S/C13H18N2S/c1-10-6-7-16-13(10)9-15-12-4-2-11(8-14)3-5-12/h6-7,11-12,15H,2-5,9H2,1H3. The van der Waals surface area contributed by atoms with Gasteiger partial charge in [0.1, 0.15) is 0 Å². The Morgan fingerprint density at radius 2 is 2.19 bits per heavy atom. The third-order valence-corrected chi connectivity index (χ3v) is 4.45. The van der Waals surface area contributed by atoms with Gasteiger partial charge in [-0.1, -0.05) is 0 Å². The van der Waals surface area contributed by atoms with Crippen molar-refractivity contribution in [2.45, 2.75) is 45.2 Å². The van der Waals surface area contributed by atoms with E-state index in [1.165, 1.54) is 10.4 Å². The Kier molecular flexibility index (Phi) is 3.98. The fourth-order valence-corrected chi connectivity index (χ4v) is 3.11. The van der Waals surface area contributed by atoms with Crippen LogP contribution in [0, 0.1) is 24.2 Å². The second-order valence-electron chi connectivity index (χ2n) is 4.59. The molecule has 0 radical (unpaired) electrons. The molecule has 1 aliphatic rings. The van der Waals surface area contributed by atoms with Gasteiger partial charge in [0.05, 0.1) is 6.07 Å². The van der Waals surface area contributed by atoms with Crippen molar-refractivity contribution in [3.05, 3.63) is 21.9 Å². The van der Waals surface area contributed by atoms with Crippen LogP contribution in [0.3, 0.4) is 0 Å². The number of rotatable bonds is 3. The smallest absolute Gasteiger partial charge is 0.0655 e. The van der Waals surface area contributed by atoms with Crippen LogP contribution in [0.1, 0.15) is 36.1 Å². The predicted octanol–water partition coefficient (Wildman–Crippen LogP) is 3.23. The molecular weight excluding hydrogens is 216 g/mol. The highest BCUT2D eigenvalue weighted by molar-refractivity contribution is 7.10. The molecule has 1 saturated carbocycles. The van der Waals surface area contributed by atoms with E-state index in [1.807, 2.05) is 11.3 Å². The molecule has 0 amide bonds. The largest absolute Gasteiger partial charge is 0.309 e. The van der Waals surface area contributed by atoms with Crippen LogP contribution in [0.25, 0.3) is 0 Å². The van der Waals surface area contributed by atoms with E-state index in [4.69, 9.17) is 5.26 Å². The number of nitrogens with zero attached hydrogens (tertiary/aromatic N) is 1. The Labute approximate surface area is 101 Å². The quantitative estimate of drug-likeness (QED) is 0.871. The molecule has 1 N–H and O–H groups in total. The molecule has 3 heteroatoms. The van der Waals surface area contributed by atoms with Gasteiger partial charge in [-0.05, 0) is 49.6 Å². The van der Waals surface area contributed by atoms with E-state index in [0.29, 0.717) is 12.0 Å².